The zero-order valence-electron chi connectivity index (χ0n) is 22.6. The number of alkyl halides is 3. The zero-order chi connectivity index (χ0) is 30.3. The minimum absolute atomic E-state index is 0.126. The van der Waals surface area contributed by atoms with Crippen molar-refractivity contribution in [2.45, 2.75) is 49.7 Å². The molecule has 5 rings (SSSR count). The Balaban J connectivity index is 1.40. The summed E-state index contributed by atoms with van der Waals surface area (Å²) in [4.78, 5) is 0.310. The van der Waals surface area contributed by atoms with Crippen molar-refractivity contribution in [2.75, 3.05) is 6.61 Å². The highest BCUT2D eigenvalue weighted by atomic mass is 32.2. The van der Waals surface area contributed by atoms with Crippen LogP contribution in [0.2, 0.25) is 0 Å². The third kappa shape index (κ3) is 8.19. The molecule has 43 heavy (non-hydrogen) atoms. The van der Waals surface area contributed by atoms with E-state index < -0.39 is 45.9 Å². The normalized spacial score (nSPS) is 20.7. The fourth-order valence-corrected chi connectivity index (χ4v) is 5.66. The molecule has 0 unspecified atom stereocenters. The molecule has 3 aromatic carbocycles. The van der Waals surface area contributed by atoms with E-state index in [-0.39, 0.29) is 19.8 Å². The summed E-state index contributed by atoms with van der Waals surface area (Å²) in [6.45, 7) is 0.877. The van der Waals surface area contributed by atoms with Crippen LogP contribution >= 0.6 is 11.5 Å². The molecule has 0 N–H and O–H groups in total. The van der Waals surface area contributed by atoms with Gasteiger partial charge in [0.25, 0.3) is 0 Å². The molecule has 2 heterocycles. The van der Waals surface area contributed by atoms with Gasteiger partial charge in [-0.25, -0.2) is 0 Å². The summed E-state index contributed by atoms with van der Waals surface area (Å²) in [7, 11) is -5.89. The van der Waals surface area contributed by atoms with Crippen molar-refractivity contribution in [3.05, 3.63) is 119 Å². The molecule has 1 saturated heterocycles. The van der Waals surface area contributed by atoms with Gasteiger partial charge in [0, 0.05) is 6.07 Å². The molecule has 0 aliphatic carbocycles. The van der Waals surface area contributed by atoms with Crippen LogP contribution in [0.3, 0.4) is 0 Å². The smallest absolute Gasteiger partial charge is 0.374 e. The molecular weight excluding hydrogens is 607 g/mol. The first kappa shape index (κ1) is 31.1. The van der Waals surface area contributed by atoms with Crippen molar-refractivity contribution in [1.82, 2.24) is 4.37 Å². The average Bonchev–Trinajstić information content (AvgIpc) is 3.59. The summed E-state index contributed by atoms with van der Waals surface area (Å²) in [5, 5.41) is 0. The lowest BCUT2D eigenvalue weighted by Crippen LogP contribution is -2.37. The molecule has 8 nitrogen and oxygen atoms in total. The van der Waals surface area contributed by atoms with Gasteiger partial charge in [-0.3, -0.25) is 0 Å². The molecule has 1 aromatic heterocycles. The lowest BCUT2D eigenvalue weighted by atomic mass is 10.1. The van der Waals surface area contributed by atoms with E-state index in [2.05, 4.69) is 8.56 Å². The van der Waals surface area contributed by atoms with E-state index in [0.717, 1.165) is 34.3 Å². The fourth-order valence-electron chi connectivity index (χ4n) is 4.48. The quantitative estimate of drug-likeness (QED) is 0.127. The lowest BCUT2D eigenvalue weighted by molar-refractivity contribution is -0.0898. The Morgan fingerprint density at radius 1 is 0.767 bits per heavy atom. The Hall–Kier alpha value is -3.33. The van der Waals surface area contributed by atoms with E-state index in [0.29, 0.717) is 11.5 Å². The Kier molecular flexibility index (Phi) is 10.1. The number of halogens is 3. The van der Waals surface area contributed by atoms with Gasteiger partial charge < -0.3 is 23.1 Å². The second-order valence-corrected chi connectivity index (χ2v) is 12.0. The zero-order valence-corrected chi connectivity index (χ0v) is 24.3. The third-order valence-corrected chi connectivity index (χ3v) is 8.33. The molecule has 1 aliphatic rings. The van der Waals surface area contributed by atoms with Crippen LogP contribution in [0.25, 0.3) is 0 Å². The number of aromatic nitrogens is 1. The van der Waals surface area contributed by atoms with Crippen LogP contribution in [-0.2, 0) is 48.9 Å². The van der Waals surface area contributed by atoms with Gasteiger partial charge in [0.05, 0.1) is 31.3 Å². The van der Waals surface area contributed by atoms with Gasteiger partial charge in [0.15, 0.2) is 0 Å². The van der Waals surface area contributed by atoms with E-state index in [1.165, 1.54) is 0 Å². The van der Waals surface area contributed by atoms with Gasteiger partial charge in [0.1, 0.15) is 24.4 Å². The molecule has 0 saturated carbocycles. The summed E-state index contributed by atoms with van der Waals surface area (Å²) >= 11 is 0.755. The number of hydrogen-bond acceptors (Lipinski definition) is 9. The standard InChI is InChI=1S/C30H28F3NO7S2/c31-30(32,33)43(35,36)41-26-16-25(42-34-26)28-29(39-19-23-14-8-3-9-15-23)27(38-18-22-12-6-2-7-13-22)24(40-28)20-37-17-21-10-4-1-5-11-21/h1-16,24,27-29H,17-20H2/t24-,27-,28+,29-/m1/s1. The molecule has 13 heteroatoms. The molecule has 228 valence electrons. The third-order valence-electron chi connectivity index (χ3n) is 6.54. The molecule has 0 amide bonds. The number of ether oxygens (including phenoxy) is 4. The first-order valence-corrected chi connectivity index (χ1v) is 15.4. The SMILES string of the molecule is O=S(=O)(Oc1cc([C@@H]2O[C@H](COCc3ccccc3)[C@@H](OCc3ccccc3)[C@H]2OCc2ccccc2)sn1)C(F)(F)F. The van der Waals surface area contributed by atoms with Crippen LogP contribution in [0.4, 0.5) is 13.2 Å². The predicted octanol–water partition coefficient (Wildman–Crippen LogP) is 6.20. The van der Waals surface area contributed by atoms with Gasteiger partial charge >= 0.3 is 15.6 Å². The number of rotatable bonds is 13. The average molecular weight is 636 g/mol. The monoisotopic (exact) mass is 635 g/mol. The summed E-state index contributed by atoms with van der Waals surface area (Å²) in [5.41, 5.74) is -2.83. The van der Waals surface area contributed by atoms with Crippen molar-refractivity contribution < 1.29 is 44.7 Å². The van der Waals surface area contributed by atoms with Gasteiger partial charge in [-0.1, -0.05) is 91.0 Å². The molecular formula is C30H28F3NO7S2. The molecule has 0 spiro atoms. The fraction of sp³-hybridized carbons (Fsp3) is 0.300. The second kappa shape index (κ2) is 14.0. The first-order valence-electron chi connectivity index (χ1n) is 13.2. The lowest BCUT2D eigenvalue weighted by Gasteiger charge is -2.25. The highest BCUT2D eigenvalue weighted by Crippen LogP contribution is 2.41. The molecule has 4 atom stereocenters. The van der Waals surface area contributed by atoms with E-state index in [1.807, 2.05) is 91.0 Å². The summed E-state index contributed by atoms with van der Waals surface area (Å²) in [6, 6.07) is 29.6. The van der Waals surface area contributed by atoms with Gasteiger partial charge in [0.2, 0.25) is 5.88 Å². The van der Waals surface area contributed by atoms with E-state index in [1.54, 1.807) is 0 Å². The largest absolute Gasteiger partial charge is 0.534 e. The minimum Gasteiger partial charge on any atom is -0.374 e. The van der Waals surface area contributed by atoms with E-state index in [4.69, 9.17) is 18.9 Å². The van der Waals surface area contributed by atoms with Gasteiger partial charge in [-0.2, -0.15) is 26.0 Å². The molecule has 4 aromatic rings. The Morgan fingerprint density at radius 2 is 1.28 bits per heavy atom. The highest BCUT2D eigenvalue weighted by Gasteiger charge is 2.50. The van der Waals surface area contributed by atoms with Crippen molar-refractivity contribution in [1.29, 1.82) is 0 Å². The summed E-state index contributed by atoms with van der Waals surface area (Å²) in [6.07, 6.45) is -2.90. The van der Waals surface area contributed by atoms with Gasteiger partial charge in [-0.05, 0) is 28.2 Å². The van der Waals surface area contributed by atoms with Crippen molar-refractivity contribution >= 4 is 21.7 Å². The van der Waals surface area contributed by atoms with E-state index in [9.17, 15) is 21.6 Å². The van der Waals surface area contributed by atoms with Crippen molar-refractivity contribution in [3.63, 3.8) is 0 Å². The number of benzene rings is 3. The second-order valence-electron chi connectivity index (χ2n) is 9.67. The van der Waals surface area contributed by atoms with Crippen LogP contribution in [-0.4, -0.2) is 43.2 Å². The van der Waals surface area contributed by atoms with Gasteiger partial charge in [-0.15, -0.1) is 0 Å². The maximum Gasteiger partial charge on any atom is 0.534 e. The number of nitrogens with zero attached hydrogens (tertiary/aromatic N) is 1. The van der Waals surface area contributed by atoms with Crippen LogP contribution in [0.5, 0.6) is 5.88 Å². The van der Waals surface area contributed by atoms with Crippen LogP contribution < -0.4 is 4.18 Å². The Morgan fingerprint density at radius 3 is 1.81 bits per heavy atom. The predicted molar refractivity (Wildman–Crippen MR) is 151 cm³/mol. The maximum absolute atomic E-state index is 12.9. The first-order chi connectivity index (χ1) is 20.7. The summed E-state index contributed by atoms with van der Waals surface area (Å²) in [5.74, 6) is -0.715. The number of hydrogen-bond donors (Lipinski definition) is 0. The van der Waals surface area contributed by atoms with E-state index >= 15 is 0 Å². The molecule has 1 fully saturated rings. The van der Waals surface area contributed by atoms with Crippen LogP contribution in [0.1, 0.15) is 27.7 Å². The van der Waals surface area contributed by atoms with Crippen LogP contribution in [0.15, 0.2) is 97.1 Å². The Bertz CT molecular complexity index is 1540. The molecule has 0 bridgehead atoms. The minimum atomic E-state index is -5.89. The highest BCUT2D eigenvalue weighted by molar-refractivity contribution is 7.88. The van der Waals surface area contributed by atoms with Crippen molar-refractivity contribution in [2.24, 2.45) is 0 Å². The topological polar surface area (TPSA) is 93.2 Å². The Labute approximate surface area is 251 Å². The molecule has 1 aliphatic heterocycles. The summed E-state index contributed by atoms with van der Waals surface area (Å²) < 4.78 is 94.9. The molecule has 0 radical (unpaired) electrons. The van der Waals surface area contributed by atoms with Crippen molar-refractivity contribution in [3.8, 4) is 5.88 Å². The van der Waals surface area contributed by atoms with Crippen LogP contribution in [0, 0.1) is 0 Å². The maximum atomic E-state index is 12.9.